The number of aliphatic hydroxyl groups excluding tert-OH is 1. The van der Waals surface area contributed by atoms with Crippen LogP contribution >= 0.6 is 11.5 Å². The molecular formula is C32H34N4O9S. The van der Waals surface area contributed by atoms with Gasteiger partial charge in [0.2, 0.25) is 5.78 Å². The molecule has 3 aliphatic rings. The fourth-order valence-corrected chi connectivity index (χ4v) is 7.62. The van der Waals surface area contributed by atoms with Gasteiger partial charge >= 0.3 is 6.09 Å². The highest BCUT2D eigenvalue weighted by Crippen LogP contribution is 2.51. The minimum Gasteiger partial charge on any atom is -0.508 e. The average molecular weight is 651 g/mol. The van der Waals surface area contributed by atoms with Crippen LogP contribution in [0.2, 0.25) is 0 Å². The van der Waals surface area contributed by atoms with Crippen LogP contribution in [0.5, 0.6) is 11.5 Å². The van der Waals surface area contributed by atoms with Crippen LogP contribution in [0.4, 0.5) is 4.79 Å². The lowest BCUT2D eigenvalue weighted by atomic mass is 9.61. The maximum Gasteiger partial charge on any atom is 0.410 e. The second kappa shape index (κ2) is 10.8. The quantitative estimate of drug-likeness (QED) is 0.261. The summed E-state index contributed by atoms with van der Waals surface area (Å²) >= 11 is 1.22. The third-order valence-corrected chi connectivity index (χ3v) is 9.79. The molecule has 1 fully saturated rings. The molecule has 0 unspecified atom stereocenters. The van der Waals surface area contributed by atoms with Crippen LogP contribution in [-0.2, 0) is 20.7 Å². The number of nitrogens with zero attached hydrogens (tertiary/aromatic N) is 3. The van der Waals surface area contributed by atoms with E-state index in [1.165, 1.54) is 22.5 Å². The van der Waals surface area contributed by atoms with E-state index in [1.807, 2.05) is 13.0 Å². The Morgan fingerprint density at radius 2 is 1.76 bits per heavy atom. The number of carbonyl (C=O) groups is 4. The first-order valence-electron chi connectivity index (χ1n) is 14.8. The number of ketones is 2. The van der Waals surface area contributed by atoms with E-state index < -0.39 is 63.8 Å². The first kappa shape index (κ1) is 31.5. The minimum atomic E-state index is -2.80. The number of amides is 2. The zero-order valence-corrected chi connectivity index (χ0v) is 26.5. The number of benzene rings is 2. The van der Waals surface area contributed by atoms with E-state index in [0.717, 1.165) is 10.6 Å². The molecule has 0 bridgehead atoms. The van der Waals surface area contributed by atoms with E-state index in [4.69, 9.17) is 10.5 Å². The molecule has 1 aliphatic heterocycles. The van der Waals surface area contributed by atoms with Gasteiger partial charge in [-0.3, -0.25) is 19.3 Å². The largest absolute Gasteiger partial charge is 0.508 e. The maximum atomic E-state index is 14.2. The number of Topliss-reactive ketones (excluding diaryl/α,β-unsaturated/α-hetero) is 2. The number of aromatic nitrogens is 1. The van der Waals surface area contributed by atoms with Crippen LogP contribution in [0.25, 0.3) is 21.2 Å². The molecule has 2 aliphatic carbocycles. The molecule has 14 heteroatoms. The number of phenols is 2. The van der Waals surface area contributed by atoms with Gasteiger partial charge in [0.1, 0.15) is 28.4 Å². The van der Waals surface area contributed by atoms with Crippen LogP contribution in [0, 0.1) is 12.8 Å². The highest BCUT2D eigenvalue weighted by Gasteiger charge is 2.63. The van der Waals surface area contributed by atoms with Crippen molar-refractivity contribution in [3.63, 3.8) is 0 Å². The molecule has 2 amide bonds. The van der Waals surface area contributed by atoms with E-state index in [-0.39, 0.29) is 54.9 Å². The second-order valence-electron chi connectivity index (χ2n) is 13.0. The Labute approximate surface area is 267 Å². The van der Waals surface area contributed by atoms with Crippen molar-refractivity contribution in [1.82, 2.24) is 14.2 Å². The average Bonchev–Trinajstić information content (AvgIpc) is 3.40. The summed E-state index contributed by atoms with van der Waals surface area (Å²) in [5.41, 5.74) is 2.42. The summed E-state index contributed by atoms with van der Waals surface area (Å²) in [4.78, 5) is 57.2. The van der Waals surface area contributed by atoms with Gasteiger partial charge in [-0.05, 0) is 80.9 Å². The standard InChI is InChI=1S/C32H34N4O9S/c1-14-11-20(46-34-14)16-5-6-19(37)22-17(16)12-15-13-18-24(35-7-9-36(10-8-35)30(43)45-31(2,3)4)26(39)23(29(33)42)28(41)32(18,44)27(40)21(15)25(22)38/h5-6,11-12,18,24,37-38,41,44H,7-10,13H2,1-4H3,(H2,33,42)/t18-,24+,32-/m0/s1. The van der Waals surface area contributed by atoms with Gasteiger partial charge in [-0.1, -0.05) is 0 Å². The molecule has 6 N–H and O–H groups in total. The van der Waals surface area contributed by atoms with Crippen molar-refractivity contribution in [2.75, 3.05) is 26.2 Å². The summed E-state index contributed by atoms with van der Waals surface area (Å²) in [7, 11) is 0. The van der Waals surface area contributed by atoms with Crippen molar-refractivity contribution in [2.24, 2.45) is 11.7 Å². The molecule has 46 heavy (non-hydrogen) atoms. The van der Waals surface area contributed by atoms with Gasteiger partial charge in [-0.2, -0.15) is 4.37 Å². The van der Waals surface area contributed by atoms with E-state index >= 15 is 0 Å². The summed E-state index contributed by atoms with van der Waals surface area (Å²) in [6.07, 6.45) is -0.704. The fraction of sp³-hybridized carbons (Fsp3) is 0.406. The SMILES string of the molecule is Cc1cc(-c2ccc(O)c3c(O)c4c(cc23)C[C@H]2[C@@H](N3CCN(C(=O)OC(C)(C)C)CC3)C(=O)C(C(N)=O)=C(O)[C@@]2(O)C4=O)sn1. The van der Waals surface area contributed by atoms with Crippen molar-refractivity contribution in [3.8, 4) is 21.9 Å². The molecule has 3 atom stereocenters. The third-order valence-electron chi connectivity index (χ3n) is 8.88. The summed E-state index contributed by atoms with van der Waals surface area (Å²) in [6.45, 7) is 7.62. The van der Waals surface area contributed by atoms with Crippen molar-refractivity contribution in [2.45, 2.75) is 51.4 Å². The number of aromatic hydroxyl groups is 2. The molecule has 242 valence electrons. The van der Waals surface area contributed by atoms with Crippen molar-refractivity contribution in [1.29, 1.82) is 0 Å². The Bertz CT molecular complexity index is 1870. The summed E-state index contributed by atoms with van der Waals surface area (Å²) < 4.78 is 9.79. The number of primary amides is 1. The molecule has 0 radical (unpaired) electrons. The van der Waals surface area contributed by atoms with Crippen LogP contribution in [0.15, 0.2) is 35.6 Å². The summed E-state index contributed by atoms with van der Waals surface area (Å²) in [5.74, 6) is -6.72. The lowest BCUT2D eigenvalue weighted by Gasteiger charge is -2.50. The molecular weight excluding hydrogens is 616 g/mol. The highest BCUT2D eigenvalue weighted by molar-refractivity contribution is 7.09. The van der Waals surface area contributed by atoms with Gasteiger partial charge in [-0.15, -0.1) is 0 Å². The lowest BCUT2D eigenvalue weighted by Crippen LogP contribution is -2.67. The van der Waals surface area contributed by atoms with Gasteiger partial charge in [0.25, 0.3) is 5.91 Å². The molecule has 0 spiro atoms. The van der Waals surface area contributed by atoms with Crippen molar-refractivity contribution in [3.05, 3.63) is 52.4 Å². The van der Waals surface area contributed by atoms with Gasteiger partial charge < -0.3 is 35.8 Å². The minimum absolute atomic E-state index is 0.0435. The van der Waals surface area contributed by atoms with Crippen molar-refractivity contribution >= 4 is 45.9 Å². The van der Waals surface area contributed by atoms with Crippen molar-refractivity contribution < 1.29 is 44.3 Å². The normalized spacial score (nSPS) is 23.8. The molecule has 6 rings (SSSR count). The number of ether oxygens (including phenoxy) is 1. The zero-order valence-electron chi connectivity index (χ0n) is 25.7. The fourth-order valence-electron chi connectivity index (χ4n) is 6.82. The van der Waals surface area contributed by atoms with Gasteiger partial charge in [0, 0.05) is 37.7 Å². The number of hydrogen-bond acceptors (Lipinski definition) is 12. The second-order valence-corrected chi connectivity index (χ2v) is 13.8. The lowest BCUT2D eigenvalue weighted by molar-refractivity contribution is -0.134. The predicted molar refractivity (Wildman–Crippen MR) is 167 cm³/mol. The Kier molecular flexibility index (Phi) is 7.37. The van der Waals surface area contributed by atoms with Crippen LogP contribution in [-0.4, -0.2) is 102 Å². The molecule has 13 nitrogen and oxygen atoms in total. The molecule has 2 heterocycles. The number of aliphatic hydroxyl groups is 2. The Balaban J connectivity index is 1.47. The Hall–Kier alpha value is -4.53. The van der Waals surface area contributed by atoms with Gasteiger partial charge in [0.15, 0.2) is 11.4 Å². The topological polar surface area (TPSA) is 204 Å². The first-order valence-corrected chi connectivity index (χ1v) is 15.5. The number of piperazine rings is 1. The summed E-state index contributed by atoms with van der Waals surface area (Å²) in [6, 6.07) is 5.23. The van der Waals surface area contributed by atoms with E-state index in [9.17, 15) is 39.6 Å². The highest BCUT2D eigenvalue weighted by atomic mass is 32.1. The Morgan fingerprint density at radius 1 is 1.09 bits per heavy atom. The van der Waals surface area contributed by atoms with E-state index in [1.54, 1.807) is 37.8 Å². The summed E-state index contributed by atoms with van der Waals surface area (Å²) in [5, 5.41) is 46.0. The maximum absolute atomic E-state index is 14.2. The number of fused-ring (bicyclic) bond motifs is 3. The van der Waals surface area contributed by atoms with E-state index in [2.05, 4.69) is 4.37 Å². The van der Waals surface area contributed by atoms with Gasteiger partial charge in [-0.25, -0.2) is 4.79 Å². The number of aryl methyl sites for hydroxylation is 1. The molecule has 1 saturated heterocycles. The number of phenolic OH excluding ortho intramolecular Hbond substituents is 2. The van der Waals surface area contributed by atoms with Gasteiger partial charge in [0.05, 0.1) is 27.6 Å². The molecule has 0 saturated carbocycles. The van der Waals surface area contributed by atoms with Crippen LogP contribution in [0.1, 0.15) is 42.4 Å². The number of carbonyl (C=O) groups excluding carboxylic acids is 4. The number of hydrogen-bond donors (Lipinski definition) is 5. The molecule has 3 aromatic rings. The first-order chi connectivity index (χ1) is 21.5. The van der Waals surface area contributed by atoms with Crippen LogP contribution < -0.4 is 5.73 Å². The third kappa shape index (κ3) is 4.79. The van der Waals surface area contributed by atoms with E-state index in [0.29, 0.717) is 10.9 Å². The van der Waals surface area contributed by atoms with Crippen LogP contribution in [0.3, 0.4) is 0 Å². The number of nitrogens with two attached hydrogens (primary N) is 1. The monoisotopic (exact) mass is 650 g/mol. The number of rotatable bonds is 3. The Morgan fingerprint density at radius 3 is 2.35 bits per heavy atom. The molecule has 2 aromatic carbocycles. The predicted octanol–water partition coefficient (Wildman–Crippen LogP) is 2.57. The smallest absolute Gasteiger partial charge is 0.410 e. The molecule has 1 aromatic heterocycles. The zero-order chi connectivity index (χ0) is 33.5.